The number of nitrogens with zero attached hydrogens (tertiary/aromatic N) is 4. The van der Waals surface area contributed by atoms with Crippen LogP contribution in [0.15, 0.2) is 42.6 Å². The molecule has 3 aromatic heterocycles. The largest absolute Gasteiger partial charge is 0.475 e. The molecule has 4 heterocycles. The highest BCUT2D eigenvalue weighted by molar-refractivity contribution is 7.17. The number of hydrogen-bond donors (Lipinski definition) is 0. The molecule has 0 radical (unpaired) electrons. The van der Waals surface area contributed by atoms with Crippen LogP contribution in [0.25, 0.3) is 10.6 Å². The summed E-state index contributed by atoms with van der Waals surface area (Å²) >= 11 is 1.46. The van der Waals surface area contributed by atoms with Crippen molar-refractivity contribution in [2.24, 2.45) is 0 Å². The molecule has 1 aliphatic heterocycles. The molecule has 1 atom stereocenters. The van der Waals surface area contributed by atoms with Gasteiger partial charge in [0.1, 0.15) is 18.5 Å². The first-order valence-corrected chi connectivity index (χ1v) is 11.2. The van der Waals surface area contributed by atoms with Gasteiger partial charge in [0.05, 0.1) is 28.6 Å². The predicted molar refractivity (Wildman–Crippen MR) is 120 cm³/mol. The minimum atomic E-state index is -0.203. The molecule has 4 rings (SSSR count). The first-order valence-electron chi connectivity index (χ1n) is 10.4. The summed E-state index contributed by atoms with van der Waals surface area (Å²) in [5.74, 6) is 1.54. The second-order valence-corrected chi connectivity index (χ2v) is 8.88. The van der Waals surface area contributed by atoms with Crippen molar-refractivity contribution in [3.05, 3.63) is 59.0 Å². The number of pyridine rings is 1. The van der Waals surface area contributed by atoms with Crippen molar-refractivity contribution >= 4 is 17.2 Å². The zero-order valence-corrected chi connectivity index (χ0v) is 18.8. The normalized spacial score (nSPS) is 16.5. The molecule has 1 amide bonds. The minimum Gasteiger partial charge on any atom is -0.475 e. The monoisotopic (exact) mass is 438 g/mol. The summed E-state index contributed by atoms with van der Waals surface area (Å²) in [4.78, 5) is 29.8. The summed E-state index contributed by atoms with van der Waals surface area (Å²) in [6.45, 7) is 7.90. The summed E-state index contributed by atoms with van der Waals surface area (Å²) < 4.78 is 11.7. The molecule has 0 aliphatic carbocycles. The third kappa shape index (κ3) is 5.26. The maximum absolute atomic E-state index is 13.0. The minimum absolute atomic E-state index is 0.0143. The van der Waals surface area contributed by atoms with Crippen LogP contribution >= 0.6 is 11.3 Å². The van der Waals surface area contributed by atoms with Gasteiger partial charge in [-0.25, -0.2) is 4.98 Å². The maximum Gasteiger partial charge on any atom is 0.264 e. The Kier molecular flexibility index (Phi) is 6.58. The second-order valence-electron chi connectivity index (χ2n) is 7.79. The molecule has 0 spiro atoms. The molecule has 7 nitrogen and oxygen atoms in total. The predicted octanol–water partition coefficient (Wildman–Crippen LogP) is 3.95. The van der Waals surface area contributed by atoms with Gasteiger partial charge in [0.25, 0.3) is 5.91 Å². The average molecular weight is 439 g/mol. The molecule has 1 aliphatic rings. The van der Waals surface area contributed by atoms with E-state index in [4.69, 9.17) is 9.47 Å². The Bertz CT molecular complexity index is 1040. The number of carbonyl (C=O) groups excluding carboxylic acids is 1. The standard InChI is InChI=1S/C23H26N4O3S/c1-15(2)22-25-16(3)12-21(26-22)30-14-17-13-27(10-11-29-17)23(28)20-8-7-19(31-20)18-6-4-5-9-24-18/h4-9,12,15,17H,10-11,13-14H2,1-3H3. The molecule has 8 heteroatoms. The number of thiophene rings is 1. The molecule has 0 N–H and O–H groups in total. The average Bonchev–Trinajstić information content (AvgIpc) is 3.28. The van der Waals surface area contributed by atoms with Gasteiger partial charge < -0.3 is 14.4 Å². The van der Waals surface area contributed by atoms with Crippen LogP contribution in [0.3, 0.4) is 0 Å². The number of aromatic nitrogens is 3. The molecule has 31 heavy (non-hydrogen) atoms. The van der Waals surface area contributed by atoms with Gasteiger partial charge in [0.2, 0.25) is 5.88 Å². The van der Waals surface area contributed by atoms with Crippen molar-refractivity contribution < 1.29 is 14.3 Å². The van der Waals surface area contributed by atoms with E-state index in [9.17, 15) is 4.79 Å². The zero-order chi connectivity index (χ0) is 21.8. The van der Waals surface area contributed by atoms with Gasteiger partial charge >= 0.3 is 0 Å². The van der Waals surface area contributed by atoms with E-state index in [0.717, 1.165) is 22.1 Å². The lowest BCUT2D eigenvalue weighted by atomic mass is 10.2. The van der Waals surface area contributed by atoms with Crippen LogP contribution < -0.4 is 4.74 Å². The first kappa shape index (κ1) is 21.4. The van der Waals surface area contributed by atoms with Gasteiger partial charge in [-0.1, -0.05) is 19.9 Å². The first-order chi connectivity index (χ1) is 15.0. The highest BCUT2D eigenvalue weighted by atomic mass is 32.1. The molecule has 0 aromatic carbocycles. The fraction of sp³-hybridized carbons (Fsp3) is 0.391. The molecule has 1 fully saturated rings. The quantitative estimate of drug-likeness (QED) is 0.580. The van der Waals surface area contributed by atoms with Crippen LogP contribution in [0, 0.1) is 6.92 Å². The number of amides is 1. The van der Waals surface area contributed by atoms with Gasteiger partial charge in [-0.3, -0.25) is 9.78 Å². The summed E-state index contributed by atoms with van der Waals surface area (Å²) in [6, 6.07) is 11.4. The van der Waals surface area contributed by atoms with Crippen LogP contribution in [0.1, 0.15) is 41.0 Å². The molecular weight excluding hydrogens is 412 g/mol. The summed E-state index contributed by atoms with van der Waals surface area (Å²) in [7, 11) is 0. The Balaban J connectivity index is 1.38. The number of rotatable bonds is 6. The lowest BCUT2D eigenvalue weighted by Gasteiger charge is -2.32. The van der Waals surface area contributed by atoms with Crippen LogP contribution in [-0.2, 0) is 4.74 Å². The second kappa shape index (κ2) is 9.53. The van der Waals surface area contributed by atoms with E-state index in [1.54, 1.807) is 6.20 Å². The molecule has 3 aromatic rings. The smallest absolute Gasteiger partial charge is 0.264 e. The highest BCUT2D eigenvalue weighted by Gasteiger charge is 2.27. The molecule has 162 valence electrons. The maximum atomic E-state index is 13.0. The molecular formula is C23H26N4O3S. The fourth-order valence-electron chi connectivity index (χ4n) is 3.33. The van der Waals surface area contributed by atoms with E-state index in [-0.39, 0.29) is 17.9 Å². The van der Waals surface area contributed by atoms with Crippen molar-refractivity contribution in [3.63, 3.8) is 0 Å². The Labute approximate surface area is 186 Å². The van der Waals surface area contributed by atoms with Crippen molar-refractivity contribution in [2.75, 3.05) is 26.3 Å². The third-order valence-corrected chi connectivity index (χ3v) is 6.04. The number of ether oxygens (including phenoxy) is 2. The Morgan fingerprint density at radius 2 is 2.16 bits per heavy atom. The van der Waals surface area contributed by atoms with Gasteiger partial charge in [0, 0.05) is 30.4 Å². The Hall–Kier alpha value is -2.84. The number of aryl methyl sites for hydroxylation is 1. The van der Waals surface area contributed by atoms with Gasteiger partial charge in [-0.2, -0.15) is 4.98 Å². The van der Waals surface area contributed by atoms with Crippen LogP contribution in [0.5, 0.6) is 5.88 Å². The van der Waals surface area contributed by atoms with Crippen molar-refractivity contribution in [3.8, 4) is 16.5 Å². The van der Waals surface area contributed by atoms with Crippen LogP contribution in [-0.4, -0.2) is 58.2 Å². The SMILES string of the molecule is Cc1cc(OCC2CN(C(=O)c3ccc(-c4ccccn4)s3)CCO2)nc(C(C)C)n1. The summed E-state index contributed by atoms with van der Waals surface area (Å²) in [6.07, 6.45) is 1.55. The zero-order valence-electron chi connectivity index (χ0n) is 17.9. The lowest BCUT2D eigenvalue weighted by molar-refractivity contribution is -0.0406. The molecule has 0 bridgehead atoms. The van der Waals surface area contributed by atoms with E-state index in [2.05, 4.69) is 28.8 Å². The van der Waals surface area contributed by atoms with E-state index < -0.39 is 0 Å². The highest BCUT2D eigenvalue weighted by Crippen LogP contribution is 2.27. The van der Waals surface area contributed by atoms with Crippen molar-refractivity contribution in [1.29, 1.82) is 0 Å². The number of morpholine rings is 1. The van der Waals surface area contributed by atoms with Gasteiger partial charge in [-0.15, -0.1) is 11.3 Å². The topological polar surface area (TPSA) is 77.4 Å². The van der Waals surface area contributed by atoms with Gasteiger partial charge in [-0.05, 0) is 31.2 Å². The van der Waals surface area contributed by atoms with Crippen molar-refractivity contribution in [2.45, 2.75) is 32.8 Å². The fourth-order valence-corrected chi connectivity index (χ4v) is 4.28. The summed E-state index contributed by atoms with van der Waals surface area (Å²) in [5.41, 5.74) is 1.75. The molecule has 1 unspecified atom stereocenters. The number of carbonyl (C=O) groups is 1. The Morgan fingerprint density at radius 3 is 2.94 bits per heavy atom. The van der Waals surface area contributed by atoms with Gasteiger partial charge in [0.15, 0.2) is 0 Å². The molecule has 1 saturated heterocycles. The van der Waals surface area contributed by atoms with E-state index in [1.165, 1.54) is 11.3 Å². The lowest BCUT2D eigenvalue weighted by Crippen LogP contribution is -2.47. The van der Waals surface area contributed by atoms with E-state index >= 15 is 0 Å². The van der Waals surface area contributed by atoms with Crippen molar-refractivity contribution in [1.82, 2.24) is 19.9 Å². The van der Waals surface area contributed by atoms with E-state index in [1.807, 2.05) is 48.2 Å². The molecule has 0 saturated carbocycles. The number of hydrogen-bond acceptors (Lipinski definition) is 7. The third-order valence-electron chi connectivity index (χ3n) is 4.94. The van der Waals surface area contributed by atoms with E-state index in [0.29, 0.717) is 37.1 Å². The Morgan fingerprint density at radius 1 is 1.29 bits per heavy atom. The summed E-state index contributed by atoms with van der Waals surface area (Å²) in [5, 5.41) is 0. The van der Waals surface area contributed by atoms with Crippen LogP contribution in [0.4, 0.5) is 0 Å². The van der Waals surface area contributed by atoms with Crippen LogP contribution in [0.2, 0.25) is 0 Å².